The normalized spacial score (nSPS) is 11.2. The second kappa shape index (κ2) is 4.94. The molecule has 92 valence electrons. The molecule has 0 aliphatic carbocycles. The molecule has 0 amide bonds. The fraction of sp³-hybridized carbons (Fsp3) is 0. The number of rotatable bonds is 2. The lowest BCUT2D eigenvalue weighted by Gasteiger charge is -2.00. The number of pyridine rings is 1. The summed E-state index contributed by atoms with van der Waals surface area (Å²) in [6.45, 7) is 0. The second-order valence-electron chi connectivity index (χ2n) is 4.08. The third-order valence-electron chi connectivity index (χ3n) is 2.77. The van der Waals surface area contributed by atoms with E-state index >= 15 is 0 Å². The van der Waals surface area contributed by atoms with Crippen LogP contribution < -0.4 is 0 Å². The summed E-state index contributed by atoms with van der Waals surface area (Å²) in [5.41, 5.74) is 2.48. The van der Waals surface area contributed by atoms with Gasteiger partial charge in [-0.1, -0.05) is 18.2 Å². The Balaban J connectivity index is 2.06. The maximum atomic E-state index is 13.3. The van der Waals surface area contributed by atoms with Crippen LogP contribution in [-0.4, -0.2) is 15.2 Å². The maximum absolute atomic E-state index is 13.3. The molecule has 0 aliphatic heterocycles. The van der Waals surface area contributed by atoms with Crippen molar-refractivity contribution in [3.63, 3.8) is 0 Å². The highest BCUT2D eigenvalue weighted by molar-refractivity contribution is 5.89. The molecular weight excluding hydrogens is 241 g/mol. The molecule has 3 aromatic rings. The molecule has 0 saturated carbocycles. The molecule has 2 heterocycles. The van der Waals surface area contributed by atoms with E-state index < -0.39 is 0 Å². The van der Waals surface area contributed by atoms with Gasteiger partial charge in [0, 0.05) is 23.3 Å². The van der Waals surface area contributed by atoms with Crippen molar-refractivity contribution in [2.75, 3.05) is 0 Å². The first-order valence-electron chi connectivity index (χ1n) is 5.82. The second-order valence-corrected chi connectivity index (χ2v) is 4.08. The van der Waals surface area contributed by atoms with Crippen LogP contribution in [0.1, 0.15) is 11.1 Å². The van der Waals surface area contributed by atoms with E-state index in [2.05, 4.69) is 15.2 Å². The molecule has 0 aliphatic rings. The van der Waals surface area contributed by atoms with Gasteiger partial charge in [-0.25, -0.2) is 4.39 Å². The Hall–Kier alpha value is -2.62. The number of aromatic nitrogens is 3. The Morgan fingerprint density at radius 3 is 2.84 bits per heavy atom. The van der Waals surface area contributed by atoms with Crippen LogP contribution in [0, 0.1) is 5.82 Å². The van der Waals surface area contributed by atoms with Crippen molar-refractivity contribution in [1.82, 2.24) is 15.2 Å². The van der Waals surface area contributed by atoms with E-state index in [1.54, 1.807) is 24.7 Å². The minimum atomic E-state index is -0.281. The molecule has 1 aromatic carbocycles. The number of fused-ring (bicyclic) bond motifs is 1. The van der Waals surface area contributed by atoms with Crippen molar-refractivity contribution in [3.05, 3.63) is 65.9 Å². The molecule has 0 bridgehead atoms. The first-order valence-corrected chi connectivity index (χ1v) is 5.82. The monoisotopic (exact) mass is 251 g/mol. The summed E-state index contributed by atoms with van der Waals surface area (Å²) in [5, 5.41) is 8.64. The van der Waals surface area contributed by atoms with E-state index in [-0.39, 0.29) is 5.82 Å². The predicted octanol–water partition coefficient (Wildman–Crippen LogP) is 3.33. The van der Waals surface area contributed by atoms with Crippen LogP contribution in [0.15, 0.2) is 48.9 Å². The van der Waals surface area contributed by atoms with Crippen molar-refractivity contribution < 1.29 is 4.39 Å². The zero-order chi connectivity index (χ0) is 13.1. The van der Waals surface area contributed by atoms with Gasteiger partial charge in [0.15, 0.2) is 0 Å². The minimum absolute atomic E-state index is 0.281. The Morgan fingerprint density at radius 1 is 1.05 bits per heavy atom. The number of benzene rings is 1. The summed E-state index contributed by atoms with van der Waals surface area (Å²) < 4.78 is 13.3. The zero-order valence-electron chi connectivity index (χ0n) is 9.99. The van der Waals surface area contributed by atoms with Gasteiger partial charge in [0.05, 0.1) is 11.7 Å². The molecule has 0 radical (unpaired) electrons. The first-order chi connectivity index (χ1) is 9.33. The third kappa shape index (κ3) is 2.47. The van der Waals surface area contributed by atoms with Crippen LogP contribution in [-0.2, 0) is 0 Å². The number of halogens is 1. The number of nitrogens with zero attached hydrogens (tertiary/aromatic N) is 3. The van der Waals surface area contributed by atoms with Crippen molar-refractivity contribution in [2.24, 2.45) is 0 Å². The lowest BCUT2D eigenvalue weighted by Crippen LogP contribution is -1.88. The fourth-order valence-electron chi connectivity index (χ4n) is 1.84. The summed E-state index contributed by atoms with van der Waals surface area (Å²) in [6.07, 6.45) is 8.89. The van der Waals surface area contributed by atoms with Crippen LogP contribution in [0.25, 0.3) is 23.1 Å². The van der Waals surface area contributed by atoms with E-state index in [1.165, 1.54) is 12.1 Å². The molecule has 4 heteroatoms. The molecular formula is C15H10FN3. The molecule has 0 N–H and O–H groups in total. The van der Waals surface area contributed by atoms with E-state index in [9.17, 15) is 4.39 Å². The average Bonchev–Trinajstić information content (AvgIpc) is 2.46. The SMILES string of the molecule is Fc1ccc2nncc(C=Cc3cccnc3)c2c1. The Bertz CT molecular complexity index is 739. The summed E-state index contributed by atoms with van der Waals surface area (Å²) in [6, 6.07) is 8.28. The predicted molar refractivity (Wildman–Crippen MR) is 72.7 cm³/mol. The van der Waals surface area contributed by atoms with Gasteiger partial charge in [0.2, 0.25) is 0 Å². The van der Waals surface area contributed by atoms with Gasteiger partial charge in [-0.15, -0.1) is 0 Å². The van der Waals surface area contributed by atoms with Crippen LogP contribution in [0.2, 0.25) is 0 Å². The van der Waals surface area contributed by atoms with Gasteiger partial charge >= 0.3 is 0 Å². The Morgan fingerprint density at radius 2 is 2.00 bits per heavy atom. The highest BCUT2D eigenvalue weighted by Crippen LogP contribution is 2.19. The Labute approximate surface area is 109 Å². The van der Waals surface area contributed by atoms with E-state index in [4.69, 9.17) is 0 Å². The highest BCUT2D eigenvalue weighted by Gasteiger charge is 2.01. The van der Waals surface area contributed by atoms with Crippen molar-refractivity contribution in [3.8, 4) is 0 Å². The van der Waals surface area contributed by atoms with Crippen LogP contribution in [0.3, 0.4) is 0 Å². The van der Waals surface area contributed by atoms with E-state index in [0.717, 1.165) is 16.5 Å². The highest BCUT2D eigenvalue weighted by atomic mass is 19.1. The maximum Gasteiger partial charge on any atom is 0.123 e. The zero-order valence-corrected chi connectivity index (χ0v) is 9.99. The van der Waals surface area contributed by atoms with Crippen LogP contribution >= 0.6 is 0 Å². The Kier molecular flexibility index (Phi) is 2.98. The molecule has 3 nitrogen and oxygen atoms in total. The molecule has 0 atom stereocenters. The molecule has 3 rings (SSSR count). The molecule has 0 saturated heterocycles. The van der Waals surface area contributed by atoms with Crippen molar-refractivity contribution >= 4 is 23.1 Å². The van der Waals surface area contributed by atoms with Gasteiger partial charge in [-0.05, 0) is 29.8 Å². The largest absolute Gasteiger partial charge is 0.264 e. The molecule has 0 fully saturated rings. The van der Waals surface area contributed by atoms with Gasteiger partial charge < -0.3 is 0 Å². The van der Waals surface area contributed by atoms with E-state index in [1.807, 2.05) is 24.3 Å². The smallest absolute Gasteiger partial charge is 0.123 e. The van der Waals surface area contributed by atoms with Gasteiger partial charge in [0.1, 0.15) is 5.82 Å². The van der Waals surface area contributed by atoms with Crippen LogP contribution in [0.4, 0.5) is 4.39 Å². The quantitative estimate of drug-likeness (QED) is 0.701. The standard InChI is InChI=1S/C15H10FN3/c16-13-5-6-15-14(8-13)12(10-18-19-15)4-3-11-2-1-7-17-9-11/h1-10H. The lowest BCUT2D eigenvalue weighted by atomic mass is 10.1. The molecule has 2 aromatic heterocycles. The fourth-order valence-corrected chi connectivity index (χ4v) is 1.84. The topological polar surface area (TPSA) is 38.7 Å². The van der Waals surface area contributed by atoms with Crippen molar-refractivity contribution in [1.29, 1.82) is 0 Å². The summed E-state index contributed by atoms with van der Waals surface area (Å²) in [7, 11) is 0. The van der Waals surface area contributed by atoms with Crippen LogP contribution in [0.5, 0.6) is 0 Å². The number of hydrogen-bond acceptors (Lipinski definition) is 3. The summed E-state index contributed by atoms with van der Waals surface area (Å²) in [4.78, 5) is 4.03. The summed E-state index contributed by atoms with van der Waals surface area (Å²) >= 11 is 0. The van der Waals surface area contributed by atoms with E-state index in [0.29, 0.717) is 5.52 Å². The molecule has 0 unspecified atom stereocenters. The van der Waals surface area contributed by atoms with Gasteiger partial charge in [0.25, 0.3) is 0 Å². The molecule has 0 spiro atoms. The van der Waals surface area contributed by atoms with Gasteiger partial charge in [-0.3, -0.25) is 4.98 Å². The number of hydrogen-bond donors (Lipinski definition) is 0. The van der Waals surface area contributed by atoms with Crippen molar-refractivity contribution in [2.45, 2.75) is 0 Å². The average molecular weight is 251 g/mol. The molecule has 19 heavy (non-hydrogen) atoms. The lowest BCUT2D eigenvalue weighted by molar-refractivity contribution is 0.629. The summed E-state index contributed by atoms with van der Waals surface area (Å²) in [5.74, 6) is -0.281. The minimum Gasteiger partial charge on any atom is -0.264 e. The first kappa shape index (κ1) is 11.5. The third-order valence-corrected chi connectivity index (χ3v) is 2.77. The van der Waals surface area contributed by atoms with Gasteiger partial charge in [-0.2, -0.15) is 10.2 Å².